The summed E-state index contributed by atoms with van der Waals surface area (Å²) in [5.41, 5.74) is 13.6. The zero-order valence-corrected chi connectivity index (χ0v) is 40.1. The van der Waals surface area contributed by atoms with Crippen LogP contribution in [0.3, 0.4) is 0 Å². The van der Waals surface area contributed by atoms with Crippen LogP contribution in [0.5, 0.6) is 0 Å². The van der Waals surface area contributed by atoms with E-state index in [0.29, 0.717) is 39.3 Å². The molecule has 6 aromatic heterocycles. The molecular formula is C52H60N14O7. The van der Waals surface area contributed by atoms with Crippen molar-refractivity contribution in [1.29, 1.82) is 0 Å². The Morgan fingerprint density at radius 3 is 1.21 bits per heavy atom. The number of nitrogens with zero attached hydrogens (tertiary/aromatic N) is 12. The molecule has 21 heteroatoms. The van der Waals surface area contributed by atoms with Gasteiger partial charge in [0.05, 0.1) is 96.2 Å². The van der Waals surface area contributed by atoms with E-state index >= 15 is 0 Å². The number of nitrogens with two attached hydrogens (primary N) is 1. The van der Waals surface area contributed by atoms with Crippen LogP contribution < -0.4 is 11.1 Å². The number of aliphatic hydroxyl groups is 4. The summed E-state index contributed by atoms with van der Waals surface area (Å²) in [6.45, 7) is 3.31. The lowest BCUT2D eigenvalue weighted by Gasteiger charge is -2.20. The van der Waals surface area contributed by atoms with Gasteiger partial charge in [-0.1, -0.05) is 59.0 Å². The molecule has 0 aliphatic rings. The van der Waals surface area contributed by atoms with Crippen LogP contribution in [0, 0.1) is 0 Å². The van der Waals surface area contributed by atoms with Crippen molar-refractivity contribution in [3.8, 4) is 11.4 Å². The highest BCUT2D eigenvalue weighted by Gasteiger charge is 2.15. The van der Waals surface area contributed by atoms with Gasteiger partial charge in [-0.3, -0.25) is 39.3 Å². The Balaban J connectivity index is 0.000000216. The van der Waals surface area contributed by atoms with Crippen molar-refractivity contribution in [3.63, 3.8) is 0 Å². The van der Waals surface area contributed by atoms with Crippen molar-refractivity contribution >= 4 is 11.9 Å². The highest BCUT2D eigenvalue weighted by molar-refractivity contribution is 5.78. The molecule has 2 atom stereocenters. The number of aliphatic hydroxyl groups excluding tert-OH is 4. The minimum Gasteiger partial charge on any atom is -0.481 e. The Hall–Kier alpha value is -8.02. The van der Waals surface area contributed by atoms with Gasteiger partial charge in [-0.15, -0.1) is 10.2 Å². The normalized spacial score (nSPS) is 11.8. The van der Waals surface area contributed by atoms with E-state index in [0.717, 1.165) is 56.7 Å². The second kappa shape index (κ2) is 29.4. The molecule has 0 saturated carbocycles. The monoisotopic (exact) mass is 992 g/mol. The molecule has 8 rings (SSSR count). The smallest absolute Gasteiger partial charge is 0.307 e. The highest BCUT2D eigenvalue weighted by atomic mass is 16.4. The van der Waals surface area contributed by atoms with Gasteiger partial charge < -0.3 is 36.6 Å². The van der Waals surface area contributed by atoms with Crippen molar-refractivity contribution in [1.82, 2.24) is 65.0 Å². The first-order chi connectivity index (χ1) is 35.5. The number of nitrogens with one attached hydrogen (secondary N) is 1. The number of carbonyl (C=O) groups is 2. The molecule has 0 fully saturated rings. The van der Waals surface area contributed by atoms with E-state index in [9.17, 15) is 14.7 Å². The Morgan fingerprint density at radius 1 is 0.521 bits per heavy atom. The van der Waals surface area contributed by atoms with Gasteiger partial charge in [0, 0.05) is 77.1 Å². The van der Waals surface area contributed by atoms with Gasteiger partial charge in [0.2, 0.25) is 5.91 Å². The molecule has 21 nitrogen and oxygen atoms in total. The average Bonchev–Trinajstić information content (AvgIpc) is 4.09. The van der Waals surface area contributed by atoms with Crippen LogP contribution in [0.25, 0.3) is 11.4 Å². The number of amides is 1. The number of benzene rings is 2. The zero-order valence-electron chi connectivity index (χ0n) is 40.1. The van der Waals surface area contributed by atoms with Crippen molar-refractivity contribution in [2.45, 2.75) is 64.3 Å². The maximum Gasteiger partial charge on any atom is 0.307 e. The largest absolute Gasteiger partial charge is 0.481 e. The van der Waals surface area contributed by atoms with Crippen LogP contribution in [0.15, 0.2) is 159 Å². The molecule has 0 radical (unpaired) electrons. The van der Waals surface area contributed by atoms with Crippen molar-refractivity contribution < 1.29 is 35.1 Å². The number of hydrogen-bond donors (Lipinski definition) is 7. The molecule has 8 N–H and O–H groups in total. The summed E-state index contributed by atoms with van der Waals surface area (Å²) in [4.78, 5) is 45.1. The maximum absolute atomic E-state index is 12.0. The molecular weight excluding hydrogens is 933 g/mol. The lowest BCUT2D eigenvalue weighted by atomic mass is 10.1. The quantitative estimate of drug-likeness (QED) is 0.0484. The summed E-state index contributed by atoms with van der Waals surface area (Å²) in [5.74, 6) is -1.07. The van der Waals surface area contributed by atoms with Crippen molar-refractivity contribution in [3.05, 3.63) is 204 Å². The highest BCUT2D eigenvalue weighted by Crippen LogP contribution is 2.16. The standard InChI is InChI=1S/C26H29N7O3.C23H22N6O2.C3H9NO2/c34-19-25(35)14-29-26(36)13-20-7-9-24(10-8-20)33-18-23(30-31-33)17-32(15-21-5-1-3-11-27-21)16-22-6-2-4-12-28-22;30-23(31)13-18-7-9-22(10-8-18)29-17-21(26-27-29)16-28(14-19-5-1-3-11-24-19)15-20-6-2-4-12-25-20;4-1-3(6)2-5/h1-12,18,25,34-35H,13-17,19H2,(H,29,36);1-12,17H,13-16H2,(H,30,31);3,5-6H,1-2,4H2/t25-;;3-/m0.1/s1. The molecule has 0 aliphatic carbocycles. The molecule has 380 valence electrons. The molecule has 0 unspecified atom stereocenters. The number of carboxylic acids is 1. The van der Waals surface area contributed by atoms with E-state index in [1.165, 1.54) is 0 Å². The second-order valence-electron chi connectivity index (χ2n) is 16.7. The van der Waals surface area contributed by atoms with Gasteiger partial charge in [0.25, 0.3) is 0 Å². The minimum atomic E-state index is -0.957. The van der Waals surface area contributed by atoms with Gasteiger partial charge >= 0.3 is 5.97 Å². The number of rotatable bonds is 23. The van der Waals surface area contributed by atoms with E-state index in [1.807, 2.05) is 122 Å². The Kier molecular flexibility index (Phi) is 21.8. The number of carbonyl (C=O) groups excluding carboxylic acids is 1. The summed E-state index contributed by atoms with van der Waals surface area (Å²) in [5, 5.41) is 63.2. The molecule has 1 amide bonds. The first kappa shape index (κ1) is 54.3. The molecule has 0 aliphatic heterocycles. The lowest BCUT2D eigenvalue weighted by molar-refractivity contribution is -0.136. The fraction of sp³-hybridized carbons (Fsp3) is 0.269. The van der Waals surface area contributed by atoms with Crippen LogP contribution in [0.4, 0.5) is 0 Å². The molecule has 0 spiro atoms. The van der Waals surface area contributed by atoms with Crippen LogP contribution >= 0.6 is 0 Å². The van der Waals surface area contributed by atoms with Crippen molar-refractivity contribution in [2.24, 2.45) is 5.73 Å². The summed E-state index contributed by atoms with van der Waals surface area (Å²) in [6.07, 6.45) is 9.42. The molecule has 0 bridgehead atoms. The number of carboxylic acid groups (broad SMARTS) is 1. The van der Waals surface area contributed by atoms with Gasteiger partial charge in [-0.05, 0) is 83.9 Å². The third-order valence-corrected chi connectivity index (χ3v) is 10.7. The van der Waals surface area contributed by atoms with E-state index in [1.54, 1.807) is 46.3 Å². The minimum absolute atomic E-state index is 0.00110. The number of aromatic nitrogens is 10. The predicted molar refractivity (Wildman–Crippen MR) is 269 cm³/mol. The van der Waals surface area contributed by atoms with Crippen LogP contribution in [0.1, 0.15) is 45.3 Å². The predicted octanol–water partition coefficient (Wildman–Crippen LogP) is 2.46. The van der Waals surface area contributed by atoms with E-state index in [4.69, 9.17) is 26.2 Å². The van der Waals surface area contributed by atoms with Gasteiger partial charge in [0.15, 0.2) is 0 Å². The maximum atomic E-state index is 12.0. The van der Waals surface area contributed by atoms with Crippen LogP contribution in [0.2, 0.25) is 0 Å². The van der Waals surface area contributed by atoms with E-state index in [2.05, 4.69) is 55.7 Å². The van der Waals surface area contributed by atoms with E-state index < -0.39 is 18.2 Å². The molecule has 8 aromatic rings. The van der Waals surface area contributed by atoms with Crippen molar-refractivity contribution in [2.75, 3.05) is 26.3 Å². The average molecular weight is 993 g/mol. The summed E-state index contributed by atoms with van der Waals surface area (Å²) < 4.78 is 3.40. The van der Waals surface area contributed by atoms with E-state index in [-0.39, 0.29) is 45.1 Å². The SMILES string of the molecule is NC[C@@H](O)CO.O=C(Cc1ccc(-n2cc(CN(Cc3ccccn3)Cc3ccccn3)nn2)cc1)NC[C@H](O)CO.O=C(O)Cc1ccc(-n2cc(CN(Cc3ccccn3)Cc3ccccn3)nn2)cc1. The first-order valence-electron chi connectivity index (χ1n) is 23.4. The molecule has 0 saturated heterocycles. The number of aliphatic carboxylic acids is 1. The van der Waals surface area contributed by atoms with Gasteiger partial charge in [-0.25, -0.2) is 9.36 Å². The Bertz CT molecular complexity index is 2720. The molecule has 6 heterocycles. The summed E-state index contributed by atoms with van der Waals surface area (Å²) in [7, 11) is 0. The first-order valence-corrected chi connectivity index (χ1v) is 23.4. The number of pyridine rings is 4. The summed E-state index contributed by atoms with van der Waals surface area (Å²) >= 11 is 0. The van der Waals surface area contributed by atoms with Crippen LogP contribution in [-0.2, 0) is 61.7 Å². The third kappa shape index (κ3) is 19.3. The molecule has 73 heavy (non-hydrogen) atoms. The van der Waals surface area contributed by atoms with Gasteiger partial charge in [-0.2, -0.15) is 0 Å². The third-order valence-electron chi connectivity index (χ3n) is 10.7. The summed E-state index contributed by atoms with van der Waals surface area (Å²) in [6, 6.07) is 38.2. The zero-order chi connectivity index (χ0) is 51.6. The lowest BCUT2D eigenvalue weighted by Crippen LogP contribution is -2.34. The van der Waals surface area contributed by atoms with Crippen LogP contribution in [-0.4, -0.2) is 136 Å². The number of hydrogen-bond acceptors (Lipinski definition) is 17. The Morgan fingerprint density at radius 2 is 0.890 bits per heavy atom. The second-order valence-corrected chi connectivity index (χ2v) is 16.7. The van der Waals surface area contributed by atoms with Gasteiger partial charge in [0.1, 0.15) is 0 Å². The fourth-order valence-electron chi connectivity index (χ4n) is 7.00. The topological polar surface area (TPSA) is 293 Å². The Labute approximate surface area is 422 Å². The molecule has 2 aromatic carbocycles. The fourth-order valence-corrected chi connectivity index (χ4v) is 7.00.